The van der Waals surface area contributed by atoms with Crippen LogP contribution in [0, 0.1) is 12.8 Å². The Morgan fingerprint density at radius 1 is 1.33 bits per heavy atom. The molecule has 3 nitrogen and oxygen atoms in total. The van der Waals surface area contributed by atoms with Crippen LogP contribution in [0.5, 0.6) is 0 Å². The molecule has 0 aromatic carbocycles. The zero-order valence-electron chi connectivity index (χ0n) is 11.3. The van der Waals surface area contributed by atoms with Crippen molar-refractivity contribution >= 4 is 0 Å². The first-order chi connectivity index (χ1) is 8.56. The first kappa shape index (κ1) is 12.8. The molecular weight excluding hydrogens is 222 g/mol. The Balaban J connectivity index is 2.11. The van der Waals surface area contributed by atoms with Crippen LogP contribution in [0.25, 0.3) is 0 Å². The standard InChI is InChI=1S/C15H21N3/c1-11(2)15(16)14-4-5-18(10-14)9-13-6-12(3)7-17-8-13/h4-8,10-11,15H,9,16H2,1-3H3. The molecule has 0 amide bonds. The van der Waals surface area contributed by atoms with Gasteiger partial charge in [-0.25, -0.2) is 0 Å². The van der Waals surface area contributed by atoms with Gasteiger partial charge in [0.05, 0.1) is 0 Å². The SMILES string of the molecule is Cc1cncc(Cn2ccc(C(N)C(C)C)c2)c1. The summed E-state index contributed by atoms with van der Waals surface area (Å²) in [4.78, 5) is 4.21. The summed E-state index contributed by atoms with van der Waals surface area (Å²) in [6.45, 7) is 7.20. The highest BCUT2D eigenvalue weighted by atomic mass is 14.9. The Morgan fingerprint density at radius 2 is 2.11 bits per heavy atom. The molecule has 0 spiro atoms. The van der Waals surface area contributed by atoms with E-state index < -0.39 is 0 Å². The van der Waals surface area contributed by atoms with E-state index in [4.69, 9.17) is 5.73 Å². The maximum absolute atomic E-state index is 6.14. The second-order valence-corrected chi connectivity index (χ2v) is 5.26. The van der Waals surface area contributed by atoms with Crippen molar-refractivity contribution in [1.29, 1.82) is 0 Å². The fourth-order valence-electron chi connectivity index (χ4n) is 2.05. The molecule has 2 aromatic rings. The third kappa shape index (κ3) is 2.99. The van der Waals surface area contributed by atoms with Crippen LogP contribution < -0.4 is 5.73 Å². The Bertz CT molecular complexity index is 514. The molecule has 0 fully saturated rings. The Kier molecular flexibility index (Phi) is 3.82. The second kappa shape index (κ2) is 5.36. The van der Waals surface area contributed by atoms with Gasteiger partial charge in [-0.05, 0) is 35.6 Å². The van der Waals surface area contributed by atoms with Gasteiger partial charge in [-0.3, -0.25) is 4.98 Å². The van der Waals surface area contributed by atoms with Crippen molar-refractivity contribution in [2.75, 3.05) is 0 Å². The normalized spacial score (nSPS) is 12.9. The molecule has 96 valence electrons. The minimum atomic E-state index is 0.113. The van der Waals surface area contributed by atoms with Gasteiger partial charge in [-0.2, -0.15) is 0 Å². The number of hydrogen-bond acceptors (Lipinski definition) is 2. The number of hydrogen-bond donors (Lipinski definition) is 1. The average molecular weight is 243 g/mol. The molecule has 18 heavy (non-hydrogen) atoms. The fraction of sp³-hybridized carbons (Fsp3) is 0.400. The van der Waals surface area contributed by atoms with Crippen LogP contribution in [0.15, 0.2) is 36.9 Å². The molecule has 0 bridgehead atoms. The van der Waals surface area contributed by atoms with E-state index in [0.29, 0.717) is 5.92 Å². The van der Waals surface area contributed by atoms with Crippen molar-refractivity contribution in [3.8, 4) is 0 Å². The van der Waals surface area contributed by atoms with Crippen LogP contribution in [0.2, 0.25) is 0 Å². The van der Waals surface area contributed by atoms with E-state index in [1.54, 1.807) is 0 Å². The van der Waals surface area contributed by atoms with Crippen LogP contribution in [0.4, 0.5) is 0 Å². The lowest BCUT2D eigenvalue weighted by Gasteiger charge is -2.13. The number of pyridine rings is 1. The summed E-state index contributed by atoms with van der Waals surface area (Å²) in [7, 11) is 0. The lowest BCUT2D eigenvalue weighted by atomic mass is 10.00. The summed E-state index contributed by atoms with van der Waals surface area (Å²) >= 11 is 0. The molecule has 1 unspecified atom stereocenters. The van der Waals surface area contributed by atoms with Gasteiger partial charge in [0, 0.05) is 37.4 Å². The molecule has 3 heteroatoms. The summed E-state index contributed by atoms with van der Waals surface area (Å²) in [6.07, 6.45) is 8.00. The summed E-state index contributed by atoms with van der Waals surface area (Å²) < 4.78 is 2.16. The highest BCUT2D eigenvalue weighted by Crippen LogP contribution is 2.19. The van der Waals surface area contributed by atoms with Crippen molar-refractivity contribution in [3.05, 3.63) is 53.6 Å². The zero-order chi connectivity index (χ0) is 13.1. The third-order valence-corrected chi connectivity index (χ3v) is 3.17. The van der Waals surface area contributed by atoms with Crippen molar-refractivity contribution in [2.24, 2.45) is 11.7 Å². The maximum Gasteiger partial charge on any atom is 0.0485 e. The maximum atomic E-state index is 6.14. The zero-order valence-corrected chi connectivity index (χ0v) is 11.3. The number of rotatable bonds is 4. The first-order valence-electron chi connectivity index (χ1n) is 6.38. The van der Waals surface area contributed by atoms with E-state index in [9.17, 15) is 0 Å². The Labute approximate surface area is 109 Å². The molecule has 0 aliphatic carbocycles. The predicted molar refractivity (Wildman–Crippen MR) is 74.3 cm³/mol. The highest BCUT2D eigenvalue weighted by molar-refractivity contribution is 5.20. The molecular formula is C15H21N3. The van der Waals surface area contributed by atoms with Gasteiger partial charge >= 0.3 is 0 Å². The third-order valence-electron chi connectivity index (χ3n) is 3.17. The molecule has 2 rings (SSSR count). The van der Waals surface area contributed by atoms with Crippen molar-refractivity contribution in [3.63, 3.8) is 0 Å². The summed E-state index contributed by atoms with van der Waals surface area (Å²) in [6, 6.07) is 4.38. The van der Waals surface area contributed by atoms with Gasteiger partial charge in [-0.1, -0.05) is 19.9 Å². The van der Waals surface area contributed by atoms with Crippen molar-refractivity contribution < 1.29 is 0 Å². The monoisotopic (exact) mass is 243 g/mol. The summed E-state index contributed by atoms with van der Waals surface area (Å²) in [5.74, 6) is 0.460. The number of nitrogens with two attached hydrogens (primary N) is 1. The minimum absolute atomic E-state index is 0.113. The van der Waals surface area contributed by atoms with Gasteiger partial charge in [0.15, 0.2) is 0 Å². The summed E-state index contributed by atoms with van der Waals surface area (Å²) in [5.41, 5.74) is 9.75. The topological polar surface area (TPSA) is 43.8 Å². The highest BCUT2D eigenvalue weighted by Gasteiger charge is 2.11. The van der Waals surface area contributed by atoms with Crippen molar-refractivity contribution in [2.45, 2.75) is 33.4 Å². The Morgan fingerprint density at radius 3 is 2.78 bits per heavy atom. The summed E-state index contributed by atoms with van der Waals surface area (Å²) in [5, 5.41) is 0. The average Bonchev–Trinajstić information content (AvgIpc) is 2.76. The van der Waals surface area contributed by atoms with Crippen LogP contribution in [-0.4, -0.2) is 9.55 Å². The van der Waals surface area contributed by atoms with E-state index in [2.05, 4.69) is 54.8 Å². The van der Waals surface area contributed by atoms with Gasteiger partial charge in [0.25, 0.3) is 0 Å². The molecule has 2 heterocycles. The van der Waals surface area contributed by atoms with Crippen molar-refractivity contribution in [1.82, 2.24) is 9.55 Å². The van der Waals surface area contributed by atoms with Crippen LogP contribution in [0.1, 0.15) is 36.6 Å². The molecule has 2 aromatic heterocycles. The van der Waals surface area contributed by atoms with E-state index >= 15 is 0 Å². The van der Waals surface area contributed by atoms with Gasteiger partial charge in [-0.15, -0.1) is 0 Å². The van der Waals surface area contributed by atoms with Crippen LogP contribution in [-0.2, 0) is 6.54 Å². The number of aryl methyl sites for hydroxylation is 1. The van der Waals surface area contributed by atoms with Crippen LogP contribution >= 0.6 is 0 Å². The van der Waals surface area contributed by atoms with Crippen LogP contribution in [0.3, 0.4) is 0 Å². The lowest BCUT2D eigenvalue weighted by Crippen LogP contribution is -2.15. The first-order valence-corrected chi connectivity index (χ1v) is 6.38. The van der Waals surface area contributed by atoms with Gasteiger partial charge in [0.1, 0.15) is 0 Å². The Hall–Kier alpha value is -1.61. The van der Waals surface area contributed by atoms with E-state index in [1.165, 1.54) is 16.7 Å². The van der Waals surface area contributed by atoms with E-state index in [-0.39, 0.29) is 6.04 Å². The molecule has 0 aliphatic heterocycles. The fourth-order valence-corrected chi connectivity index (χ4v) is 2.05. The molecule has 0 radical (unpaired) electrons. The smallest absolute Gasteiger partial charge is 0.0485 e. The lowest BCUT2D eigenvalue weighted by molar-refractivity contribution is 0.513. The predicted octanol–water partition coefficient (Wildman–Crippen LogP) is 2.90. The molecule has 2 N–H and O–H groups in total. The molecule has 1 atom stereocenters. The quantitative estimate of drug-likeness (QED) is 0.897. The molecule has 0 saturated heterocycles. The van der Waals surface area contributed by atoms with E-state index in [0.717, 1.165) is 6.54 Å². The molecule has 0 aliphatic rings. The minimum Gasteiger partial charge on any atom is -0.350 e. The number of nitrogens with zero attached hydrogens (tertiary/aromatic N) is 2. The second-order valence-electron chi connectivity index (χ2n) is 5.26. The number of aromatic nitrogens is 2. The van der Waals surface area contributed by atoms with E-state index in [1.807, 2.05) is 12.4 Å². The molecule has 0 saturated carbocycles. The largest absolute Gasteiger partial charge is 0.350 e. The van der Waals surface area contributed by atoms with Gasteiger partial charge in [0.2, 0.25) is 0 Å². The van der Waals surface area contributed by atoms with Gasteiger partial charge < -0.3 is 10.3 Å².